The summed E-state index contributed by atoms with van der Waals surface area (Å²) >= 11 is 0. The molecule has 4 N–H and O–H groups in total. The van der Waals surface area contributed by atoms with Gasteiger partial charge in [0.2, 0.25) is 5.96 Å². The lowest BCUT2D eigenvalue weighted by Gasteiger charge is -2.29. The Bertz CT molecular complexity index is 576. The quantitative estimate of drug-likeness (QED) is 0.348. The van der Waals surface area contributed by atoms with Crippen LogP contribution >= 0.6 is 0 Å². The van der Waals surface area contributed by atoms with Crippen LogP contribution in [-0.2, 0) is 4.74 Å². The predicted molar refractivity (Wildman–Crippen MR) is 79.5 cm³/mol. The number of nitrogens with two attached hydrogens (primary N) is 2. The Labute approximate surface area is 121 Å². The molecule has 9 heteroatoms. The SMILES string of the molecule is NC(N)=N/N=C\c1cc([N+](=O)[O-])ccc1N1CCOCC1. The summed E-state index contributed by atoms with van der Waals surface area (Å²) in [6.07, 6.45) is 1.40. The predicted octanol–water partition coefficient (Wildman–Crippen LogP) is 0.0387. The zero-order valence-electron chi connectivity index (χ0n) is 11.3. The van der Waals surface area contributed by atoms with Crippen LogP contribution < -0.4 is 16.4 Å². The molecule has 1 saturated heterocycles. The summed E-state index contributed by atoms with van der Waals surface area (Å²) in [4.78, 5) is 12.5. The van der Waals surface area contributed by atoms with Crippen molar-refractivity contribution in [1.82, 2.24) is 0 Å². The van der Waals surface area contributed by atoms with Crippen LogP contribution in [0.5, 0.6) is 0 Å². The number of non-ortho nitro benzene ring substituents is 1. The molecule has 0 unspecified atom stereocenters. The summed E-state index contributed by atoms with van der Waals surface area (Å²) in [5, 5.41) is 18.1. The number of ether oxygens (including phenoxy) is 1. The topological polar surface area (TPSA) is 132 Å². The van der Waals surface area contributed by atoms with E-state index < -0.39 is 4.92 Å². The monoisotopic (exact) mass is 292 g/mol. The molecule has 1 fully saturated rings. The number of benzene rings is 1. The molecule has 1 aliphatic rings. The highest BCUT2D eigenvalue weighted by molar-refractivity contribution is 5.89. The van der Waals surface area contributed by atoms with Crippen molar-refractivity contribution in [2.24, 2.45) is 21.7 Å². The Morgan fingerprint density at radius 3 is 2.71 bits per heavy atom. The summed E-state index contributed by atoms with van der Waals surface area (Å²) < 4.78 is 5.30. The molecule has 21 heavy (non-hydrogen) atoms. The van der Waals surface area contributed by atoms with Crippen LogP contribution in [0.3, 0.4) is 0 Å². The number of anilines is 1. The van der Waals surface area contributed by atoms with E-state index in [1.54, 1.807) is 6.07 Å². The van der Waals surface area contributed by atoms with Crippen LogP contribution in [0.2, 0.25) is 0 Å². The third-order valence-electron chi connectivity index (χ3n) is 2.94. The molecule has 0 amide bonds. The van der Waals surface area contributed by atoms with E-state index in [2.05, 4.69) is 15.1 Å². The highest BCUT2D eigenvalue weighted by Crippen LogP contribution is 2.25. The maximum absolute atomic E-state index is 10.9. The minimum atomic E-state index is -0.457. The third kappa shape index (κ3) is 3.89. The molecule has 0 spiro atoms. The molecule has 1 aliphatic heterocycles. The van der Waals surface area contributed by atoms with E-state index in [0.717, 1.165) is 5.69 Å². The molecule has 0 radical (unpaired) electrons. The number of morpholine rings is 1. The molecule has 0 saturated carbocycles. The first-order chi connectivity index (χ1) is 10.1. The van der Waals surface area contributed by atoms with Crippen LogP contribution in [0, 0.1) is 10.1 Å². The molecule has 1 aromatic rings. The normalized spacial score (nSPS) is 15.1. The summed E-state index contributed by atoms with van der Waals surface area (Å²) in [6, 6.07) is 4.60. The van der Waals surface area contributed by atoms with Gasteiger partial charge < -0.3 is 21.1 Å². The minimum absolute atomic E-state index is 0.0156. The van der Waals surface area contributed by atoms with Crippen molar-refractivity contribution in [3.63, 3.8) is 0 Å². The van der Waals surface area contributed by atoms with Crippen LogP contribution in [-0.4, -0.2) is 43.4 Å². The van der Waals surface area contributed by atoms with Gasteiger partial charge in [0.05, 0.1) is 24.4 Å². The van der Waals surface area contributed by atoms with Crippen molar-refractivity contribution in [3.8, 4) is 0 Å². The number of rotatable bonds is 4. The average molecular weight is 292 g/mol. The third-order valence-corrected chi connectivity index (χ3v) is 2.94. The van der Waals surface area contributed by atoms with Gasteiger partial charge in [-0.2, -0.15) is 5.10 Å². The van der Waals surface area contributed by atoms with Gasteiger partial charge in [0.25, 0.3) is 5.69 Å². The number of nitrogens with zero attached hydrogens (tertiary/aromatic N) is 4. The summed E-state index contributed by atoms with van der Waals surface area (Å²) in [5.41, 5.74) is 11.8. The van der Waals surface area contributed by atoms with E-state index in [9.17, 15) is 10.1 Å². The number of nitro benzene ring substituents is 1. The Morgan fingerprint density at radius 1 is 1.38 bits per heavy atom. The van der Waals surface area contributed by atoms with Crippen LogP contribution in [0.25, 0.3) is 0 Å². The molecule has 0 bridgehead atoms. The summed E-state index contributed by atoms with van der Waals surface area (Å²) in [5.74, 6) is -0.176. The van der Waals surface area contributed by atoms with Crippen LogP contribution in [0.15, 0.2) is 28.4 Å². The standard InChI is InChI=1S/C12H16N6O3/c13-12(14)16-15-8-9-7-10(18(19)20)1-2-11(9)17-3-5-21-6-4-17/h1-2,7-8H,3-6H2,(H4,13,14,16)/b15-8-. The highest BCUT2D eigenvalue weighted by Gasteiger charge is 2.17. The van der Waals surface area contributed by atoms with E-state index in [-0.39, 0.29) is 11.6 Å². The number of nitro groups is 1. The average Bonchev–Trinajstić information content (AvgIpc) is 2.47. The zero-order valence-corrected chi connectivity index (χ0v) is 11.3. The van der Waals surface area contributed by atoms with Gasteiger partial charge in [0.1, 0.15) is 0 Å². The van der Waals surface area contributed by atoms with E-state index in [1.807, 2.05) is 0 Å². The summed E-state index contributed by atoms with van der Waals surface area (Å²) in [6.45, 7) is 2.64. The van der Waals surface area contributed by atoms with Crippen molar-refractivity contribution < 1.29 is 9.66 Å². The number of hydrogen-bond acceptors (Lipinski definition) is 6. The Morgan fingerprint density at radius 2 is 2.10 bits per heavy atom. The Balaban J connectivity index is 2.35. The second kappa shape index (κ2) is 6.66. The van der Waals surface area contributed by atoms with E-state index >= 15 is 0 Å². The molecule has 2 rings (SSSR count). The summed E-state index contributed by atoms with van der Waals surface area (Å²) in [7, 11) is 0. The first kappa shape index (κ1) is 14.7. The van der Waals surface area contributed by atoms with Crippen molar-refractivity contribution >= 4 is 23.5 Å². The molecular weight excluding hydrogens is 276 g/mol. The maximum Gasteiger partial charge on any atom is 0.270 e. The van der Waals surface area contributed by atoms with Crippen molar-refractivity contribution in [3.05, 3.63) is 33.9 Å². The fraction of sp³-hybridized carbons (Fsp3) is 0.333. The first-order valence-corrected chi connectivity index (χ1v) is 6.31. The fourth-order valence-corrected chi connectivity index (χ4v) is 2.01. The van der Waals surface area contributed by atoms with Crippen molar-refractivity contribution in [2.75, 3.05) is 31.2 Å². The van der Waals surface area contributed by atoms with Gasteiger partial charge in [-0.05, 0) is 6.07 Å². The minimum Gasteiger partial charge on any atom is -0.378 e. The lowest BCUT2D eigenvalue weighted by molar-refractivity contribution is -0.384. The number of hydrogen-bond donors (Lipinski definition) is 2. The zero-order chi connectivity index (χ0) is 15.2. The molecule has 0 aromatic heterocycles. The van der Waals surface area contributed by atoms with Gasteiger partial charge in [-0.25, -0.2) is 0 Å². The second-order valence-corrected chi connectivity index (χ2v) is 4.37. The van der Waals surface area contributed by atoms with Crippen molar-refractivity contribution in [2.45, 2.75) is 0 Å². The van der Waals surface area contributed by atoms with Gasteiger partial charge in [0, 0.05) is 36.5 Å². The molecule has 9 nitrogen and oxygen atoms in total. The molecule has 0 atom stereocenters. The van der Waals surface area contributed by atoms with Crippen molar-refractivity contribution in [1.29, 1.82) is 0 Å². The number of guanidine groups is 1. The lowest BCUT2D eigenvalue weighted by Crippen LogP contribution is -2.36. The van der Waals surface area contributed by atoms with Gasteiger partial charge >= 0.3 is 0 Å². The molecule has 1 heterocycles. The smallest absolute Gasteiger partial charge is 0.270 e. The Hall–Kier alpha value is -2.68. The van der Waals surface area contributed by atoms with Crippen LogP contribution in [0.1, 0.15) is 5.56 Å². The highest BCUT2D eigenvalue weighted by atomic mass is 16.6. The van der Waals surface area contributed by atoms with E-state index in [1.165, 1.54) is 18.3 Å². The molecule has 0 aliphatic carbocycles. The largest absolute Gasteiger partial charge is 0.378 e. The lowest BCUT2D eigenvalue weighted by atomic mass is 10.1. The van der Waals surface area contributed by atoms with E-state index in [4.69, 9.17) is 16.2 Å². The molecule has 1 aromatic carbocycles. The fourth-order valence-electron chi connectivity index (χ4n) is 2.01. The van der Waals surface area contributed by atoms with Crippen LogP contribution in [0.4, 0.5) is 11.4 Å². The second-order valence-electron chi connectivity index (χ2n) is 4.37. The van der Waals surface area contributed by atoms with Gasteiger partial charge in [-0.15, -0.1) is 5.10 Å². The van der Waals surface area contributed by atoms with Gasteiger partial charge in [-0.3, -0.25) is 10.1 Å². The van der Waals surface area contributed by atoms with E-state index in [0.29, 0.717) is 31.9 Å². The molecular formula is C12H16N6O3. The first-order valence-electron chi connectivity index (χ1n) is 6.31. The Kier molecular flexibility index (Phi) is 4.67. The molecule has 112 valence electrons. The van der Waals surface area contributed by atoms with Gasteiger partial charge in [-0.1, -0.05) is 0 Å². The van der Waals surface area contributed by atoms with Gasteiger partial charge in [0.15, 0.2) is 0 Å². The maximum atomic E-state index is 10.9.